The molecular formula is C27H25N7O. The summed E-state index contributed by atoms with van der Waals surface area (Å²) in [6, 6.07) is 10.8. The number of furan rings is 1. The molecule has 0 saturated carbocycles. The second kappa shape index (κ2) is 8.81. The molecule has 0 bridgehead atoms. The van der Waals surface area contributed by atoms with E-state index in [-0.39, 0.29) is 0 Å². The fourth-order valence-corrected chi connectivity index (χ4v) is 4.42. The highest BCUT2D eigenvalue weighted by Gasteiger charge is 2.17. The van der Waals surface area contributed by atoms with Gasteiger partial charge in [-0.15, -0.1) is 0 Å². The van der Waals surface area contributed by atoms with Crippen molar-refractivity contribution >= 4 is 22.1 Å². The Balaban J connectivity index is 1.45. The predicted molar refractivity (Wildman–Crippen MR) is 137 cm³/mol. The topological polar surface area (TPSA) is 108 Å². The number of imidazole rings is 1. The average Bonchev–Trinajstić information content (AvgIpc) is 3.65. The third-order valence-corrected chi connectivity index (χ3v) is 6.25. The van der Waals surface area contributed by atoms with Gasteiger partial charge in [0, 0.05) is 35.6 Å². The summed E-state index contributed by atoms with van der Waals surface area (Å²) >= 11 is 0. The molecule has 5 aromatic heterocycles. The first kappa shape index (κ1) is 21.2. The van der Waals surface area contributed by atoms with Crippen LogP contribution in [0.4, 0.5) is 0 Å². The predicted octanol–water partition coefficient (Wildman–Crippen LogP) is 5.50. The van der Waals surface area contributed by atoms with Gasteiger partial charge in [0.25, 0.3) is 0 Å². The molecule has 0 aliphatic rings. The van der Waals surface area contributed by atoms with Crippen LogP contribution in [0.3, 0.4) is 0 Å². The third-order valence-electron chi connectivity index (χ3n) is 6.25. The molecule has 174 valence electrons. The molecule has 5 heterocycles. The van der Waals surface area contributed by atoms with Gasteiger partial charge in [-0.1, -0.05) is 26.0 Å². The van der Waals surface area contributed by atoms with Crippen LogP contribution in [-0.4, -0.2) is 36.7 Å². The molecular weight excluding hydrogens is 438 g/mol. The van der Waals surface area contributed by atoms with Gasteiger partial charge >= 0.3 is 0 Å². The van der Waals surface area contributed by atoms with Gasteiger partial charge in [-0.2, -0.15) is 5.10 Å². The van der Waals surface area contributed by atoms with Crippen molar-refractivity contribution < 1.29 is 4.42 Å². The Kier molecular flexibility index (Phi) is 5.35. The standard InChI is InChI=1S/C27H25N7O/c1-3-16-7-17(11-28-4-2)9-19(8-16)20-10-21-25(33-34-26(21)30-12-20)27-31-23-14-29-13-22(24(23)32-27)18-5-6-35-15-18/h5-10,12-15,28H,3-4,11H2,1-2H3,(H,31,32)(H,30,33,34). The first-order valence-corrected chi connectivity index (χ1v) is 11.8. The summed E-state index contributed by atoms with van der Waals surface area (Å²) in [6.45, 7) is 6.08. The van der Waals surface area contributed by atoms with Gasteiger partial charge in [-0.3, -0.25) is 10.1 Å². The Bertz CT molecular complexity index is 1630. The Hall–Kier alpha value is -4.30. The molecule has 6 rings (SSSR count). The molecule has 0 aliphatic carbocycles. The van der Waals surface area contributed by atoms with E-state index in [2.05, 4.69) is 68.6 Å². The second-order valence-corrected chi connectivity index (χ2v) is 8.55. The van der Waals surface area contributed by atoms with Crippen LogP contribution in [0, 0.1) is 0 Å². The summed E-state index contributed by atoms with van der Waals surface area (Å²) in [7, 11) is 0. The van der Waals surface area contributed by atoms with E-state index in [1.165, 1.54) is 11.1 Å². The van der Waals surface area contributed by atoms with Crippen molar-refractivity contribution in [2.75, 3.05) is 6.54 Å². The molecule has 0 fully saturated rings. The molecule has 0 atom stereocenters. The molecule has 8 heteroatoms. The maximum absolute atomic E-state index is 5.26. The number of nitrogens with one attached hydrogen (secondary N) is 3. The summed E-state index contributed by atoms with van der Waals surface area (Å²) in [5, 5.41) is 11.9. The van der Waals surface area contributed by atoms with Crippen molar-refractivity contribution in [2.45, 2.75) is 26.8 Å². The minimum Gasteiger partial charge on any atom is -0.472 e. The van der Waals surface area contributed by atoms with Gasteiger partial charge in [0.05, 0.1) is 29.6 Å². The molecule has 0 aliphatic heterocycles. The summed E-state index contributed by atoms with van der Waals surface area (Å²) in [4.78, 5) is 17.3. The van der Waals surface area contributed by atoms with Crippen LogP contribution >= 0.6 is 0 Å². The summed E-state index contributed by atoms with van der Waals surface area (Å²) in [5.74, 6) is 0.689. The third kappa shape index (κ3) is 3.87. The minimum absolute atomic E-state index is 0.650. The quantitative estimate of drug-likeness (QED) is 0.289. The van der Waals surface area contributed by atoms with Crippen molar-refractivity contribution in [1.29, 1.82) is 0 Å². The largest absolute Gasteiger partial charge is 0.472 e. The number of rotatable bonds is 7. The van der Waals surface area contributed by atoms with Crippen molar-refractivity contribution in [1.82, 2.24) is 35.5 Å². The van der Waals surface area contributed by atoms with E-state index in [1.54, 1.807) is 24.9 Å². The zero-order chi connectivity index (χ0) is 23.8. The minimum atomic E-state index is 0.650. The molecule has 8 nitrogen and oxygen atoms in total. The normalized spacial score (nSPS) is 11.6. The molecule has 1 aromatic carbocycles. The van der Waals surface area contributed by atoms with Crippen molar-refractivity contribution in [3.05, 3.63) is 72.6 Å². The molecule has 3 N–H and O–H groups in total. The second-order valence-electron chi connectivity index (χ2n) is 8.55. The SMILES string of the molecule is CCNCc1cc(CC)cc(-c2cnc3n[nH]c(-c4nc5c(-c6ccoc6)cncc5[nH]4)c3c2)c1. The number of hydrogen-bond donors (Lipinski definition) is 3. The summed E-state index contributed by atoms with van der Waals surface area (Å²) in [6.07, 6.45) is 9.79. The molecule has 6 aromatic rings. The number of nitrogens with zero attached hydrogens (tertiary/aromatic N) is 4. The van der Waals surface area contributed by atoms with Gasteiger partial charge in [0.2, 0.25) is 0 Å². The number of benzene rings is 1. The summed E-state index contributed by atoms with van der Waals surface area (Å²) in [5.41, 5.74) is 9.72. The Morgan fingerprint density at radius 3 is 2.71 bits per heavy atom. The van der Waals surface area contributed by atoms with Crippen LogP contribution in [-0.2, 0) is 13.0 Å². The maximum Gasteiger partial charge on any atom is 0.181 e. The van der Waals surface area contributed by atoms with Crippen LogP contribution in [0.1, 0.15) is 25.0 Å². The number of aromatic amines is 2. The molecule has 0 saturated heterocycles. The number of H-pyrrole nitrogens is 2. The van der Waals surface area contributed by atoms with Crippen molar-refractivity contribution in [3.8, 4) is 33.8 Å². The van der Waals surface area contributed by atoms with Gasteiger partial charge in [-0.05, 0) is 47.9 Å². The smallest absolute Gasteiger partial charge is 0.181 e. The van der Waals surface area contributed by atoms with Crippen LogP contribution in [0.25, 0.3) is 55.8 Å². The summed E-state index contributed by atoms with van der Waals surface area (Å²) < 4.78 is 5.26. The lowest BCUT2D eigenvalue weighted by Gasteiger charge is -2.10. The zero-order valence-electron chi connectivity index (χ0n) is 19.6. The van der Waals surface area contributed by atoms with Crippen LogP contribution in [0.5, 0.6) is 0 Å². The molecule has 35 heavy (non-hydrogen) atoms. The van der Waals surface area contributed by atoms with E-state index in [1.807, 2.05) is 12.3 Å². The van der Waals surface area contributed by atoms with E-state index in [9.17, 15) is 0 Å². The van der Waals surface area contributed by atoms with Gasteiger partial charge < -0.3 is 14.7 Å². The number of hydrogen-bond acceptors (Lipinski definition) is 6. The van der Waals surface area contributed by atoms with Crippen LogP contribution in [0.15, 0.2) is 65.9 Å². The van der Waals surface area contributed by atoms with Gasteiger partial charge in [-0.25, -0.2) is 9.97 Å². The molecule has 0 amide bonds. The first-order chi connectivity index (χ1) is 17.2. The zero-order valence-corrected chi connectivity index (χ0v) is 19.6. The highest BCUT2D eigenvalue weighted by Crippen LogP contribution is 2.32. The van der Waals surface area contributed by atoms with Gasteiger partial charge in [0.1, 0.15) is 11.2 Å². The van der Waals surface area contributed by atoms with Gasteiger partial charge in [0.15, 0.2) is 11.5 Å². The van der Waals surface area contributed by atoms with Crippen LogP contribution in [0.2, 0.25) is 0 Å². The van der Waals surface area contributed by atoms with E-state index in [0.717, 1.165) is 63.9 Å². The first-order valence-electron chi connectivity index (χ1n) is 11.8. The van der Waals surface area contributed by atoms with E-state index in [0.29, 0.717) is 11.5 Å². The Morgan fingerprint density at radius 2 is 1.89 bits per heavy atom. The molecule has 0 spiro atoms. The lowest BCUT2D eigenvalue weighted by atomic mass is 9.99. The fraction of sp³-hybridized carbons (Fsp3) is 0.185. The fourth-order valence-electron chi connectivity index (χ4n) is 4.42. The number of pyridine rings is 2. The number of aromatic nitrogens is 6. The molecule has 0 unspecified atom stereocenters. The Morgan fingerprint density at radius 1 is 0.971 bits per heavy atom. The van der Waals surface area contributed by atoms with E-state index >= 15 is 0 Å². The van der Waals surface area contributed by atoms with Crippen molar-refractivity contribution in [3.63, 3.8) is 0 Å². The highest BCUT2D eigenvalue weighted by atomic mass is 16.3. The molecule has 0 radical (unpaired) electrons. The average molecular weight is 464 g/mol. The number of aryl methyl sites for hydroxylation is 1. The van der Waals surface area contributed by atoms with E-state index in [4.69, 9.17) is 9.40 Å². The Labute approximate surface area is 201 Å². The number of fused-ring (bicyclic) bond motifs is 2. The van der Waals surface area contributed by atoms with E-state index < -0.39 is 0 Å². The maximum atomic E-state index is 5.26. The monoisotopic (exact) mass is 463 g/mol. The van der Waals surface area contributed by atoms with Crippen molar-refractivity contribution in [2.24, 2.45) is 0 Å². The lowest BCUT2D eigenvalue weighted by molar-refractivity contribution is 0.568. The van der Waals surface area contributed by atoms with Crippen LogP contribution < -0.4 is 5.32 Å². The highest BCUT2D eigenvalue weighted by molar-refractivity contribution is 5.96. The lowest BCUT2D eigenvalue weighted by Crippen LogP contribution is -2.12.